The molecule has 2 unspecified atom stereocenters. The maximum Gasteiger partial charge on any atom is 0.221 e. The standard InChI is InChI=1S/C10H20N2OS/c1-2-8(11)6-10(13)12-9-4-3-5-14-7-9/h8-9H,2-7,11H2,1H3,(H,12,13). The molecule has 4 heteroatoms. The highest BCUT2D eigenvalue weighted by molar-refractivity contribution is 7.99. The first-order chi connectivity index (χ1) is 6.72. The van der Waals surface area contributed by atoms with Gasteiger partial charge in [-0.1, -0.05) is 6.92 Å². The van der Waals surface area contributed by atoms with Gasteiger partial charge in [0.15, 0.2) is 0 Å². The van der Waals surface area contributed by atoms with Gasteiger partial charge in [0.25, 0.3) is 0 Å². The first-order valence-electron chi connectivity index (χ1n) is 5.35. The minimum Gasteiger partial charge on any atom is -0.352 e. The molecule has 1 heterocycles. The Kier molecular flexibility index (Phi) is 5.33. The van der Waals surface area contributed by atoms with Gasteiger partial charge in [-0.25, -0.2) is 0 Å². The molecule has 0 spiro atoms. The van der Waals surface area contributed by atoms with Gasteiger partial charge < -0.3 is 11.1 Å². The van der Waals surface area contributed by atoms with Crippen molar-refractivity contribution in [2.24, 2.45) is 5.73 Å². The van der Waals surface area contributed by atoms with Gasteiger partial charge in [-0.3, -0.25) is 4.79 Å². The second-order valence-electron chi connectivity index (χ2n) is 3.85. The van der Waals surface area contributed by atoms with Crippen LogP contribution < -0.4 is 11.1 Å². The predicted octanol–water partition coefficient (Wildman–Crippen LogP) is 1.13. The van der Waals surface area contributed by atoms with Gasteiger partial charge in [-0.2, -0.15) is 11.8 Å². The second kappa shape index (κ2) is 6.30. The van der Waals surface area contributed by atoms with Crippen LogP contribution in [-0.2, 0) is 4.79 Å². The van der Waals surface area contributed by atoms with Crippen LogP contribution in [0.3, 0.4) is 0 Å². The Hall–Kier alpha value is -0.220. The molecule has 3 N–H and O–H groups in total. The van der Waals surface area contributed by atoms with E-state index in [1.54, 1.807) is 0 Å². The molecule has 1 fully saturated rings. The zero-order valence-electron chi connectivity index (χ0n) is 8.79. The summed E-state index contributed by atoms with van der Waals surface area (Å²) in [4.78, 5) is 11.5. The Morgan fingerprint density at radius 1 is 1.71 bits per heavy atom. The fraction of sp³-hybridized carbons (Fsp3) is 0.900. The van der Waals surface area contributed by atoms with E-state index >= 15 is 0 Å². The molecule has 1 saturated heterocycles. The van der Waals surface area contributed by atoms with Crippen LogP contribution in [0.2, 0.25) is 0 Å². The number of thioether (sulfide) groups is 1. The normalized spacial score (nSPS) is 24.3. The van der Waals surface area contributed by atoms with Crippen molar-refractivity contribution >= 4 is 17.7 Å². The van der Waals surface area contributed by atoms with Crippen molar-refractivity contribution in [2.75, 3.05) is 11.5 Å². The number of nitrogens with one attached hydrogen (secondary N) is 1. The molecule has 1 amide bonds. The fourth-order valence-electron chi connectivity index (χ4n) is 1.52. The van der Waals surface area contributed by atoms with Crippen LogP contribution in [0.4, 0.5) is 0 Å². The maximum absolute atomic E-state index is 11.5. The Morgan fingerprint density at radius 3 is 3.07 bits per heavy atom. The number of nitrogens with two attached hydrogens (primary N) is 1. The van der Waals surface area contributed by atoms with E-state index in [2.05, 4.69) is 5.32 Å². The van der Waals surface area contributed by atoms with Crippen LogP contribution in [0.15, 0.2) is 0 Å². The lowest BCUT2D eigenvalue weighted by Gasteiger charge is -2.23. The van der Waals surface area contributed by atoms with E-state index in [1.165, 1.54) is 12.2 Å². The molecular formula is C10H20N2OS. The number of carbonyl (C=O) groups excluding carboxylic acids is 1. The number of hydrogen-bond donors (Lipinski definition) is 2. The maximum atomic E-state index is 11.5. The Labute approximate surface area is 90.2 Å². The third-order valence-corrected chi connectivity index (χ3v) is 3.71. The fourth-order valence-corrected chi connectivity index (χ4v) is 2.60. The monoisotopic (exact) mass is 216 g/mol. The summed E-state index contributed by atoms with van der Waals surface area (Å²) in [7, 11) is 0. The van der Waals surface area contributed by atoms with Gasteiger partial charge in [-0.05, 0) is 25.0 Å². The SMILES string of the molecule is CCC(N)CC(=O)NC1CCCSC1. The lowest BCUT2D eigenvalue weighted by molar-refractivity contribution is -0.122. The van der Waals surface area contributed by atoms with Crippen LogP contribution in [0.25, 0.3) is 0 Å². The smallest absolute Gasteiger partial charge is 0.221 e. The first-order valence-corrected chi connectivity index (χ1v) is 6.50. The summed E-state index contributed by atoms with van der Waals surface area (Å²) in [6, 6.07) is 0.400. The molecule has 2 atom stereocenters. The summed E-state index contributed by atoms with van der Waals surface area (Å²) in [6.45, 7) is 2.01. The summed E-state index contributed by atoms with van der Waals surface area (Å²) in [5.41, 5.74) is 5.71. The van der Waals surface area contributed by atoms with Crippen LogP contribution >= 0.6 is 11.8 Å². The van der Waals surface area contributed by atoms with E-state index in [0.717, 1.165) is 18.6 Å². The van der Waals surface area contributed by atoms with E-state index in [1.807, 2.05) is 18.7 Å². The summed E-state index contributed by atoms with van der Waals surface area (Å²) in [5, 5.41) is 3.04. The van der Waals surface area contributed by atoms with Crippen molar-refractivity contribution < 1.29 is 4.79 Å². The van der Waals surface area contributed by atoms with Crippen molar-refractivity contribution in [3.05, 3.63) is 0 Å². The van der Waals surface area contributed by atoms with Crippen LogP contribution in [0.5, 0.6) is 0 Å². The van der Waals surface area contributed by atoms with Gasteiger partial charge in [0.05, 0.1) is 0 Å². The van der Waals surface area contributed by atoms with Crippen molar-refractivity contribution in [2.45, 2.75) is 44.7 Å². The van der Waals surface area contributed by atoms with Crippen molar-refractivity contribution in [1.82, 2.24) is 5.32 Å². The lowest BCUT2D eigenvalue weighted by atomic mass is 10.1. The predicted molar refractivity (Wildman–Crippen MR) is 61.4 cm³/mol. The highest BCUT2D eigenvalue weighted by atomic mass is 32.2. The van der Waals surface area contributed by atoms with Gasteiger partial charge in [-0.15, -0.1) is 0 Å². The quantitative estimate of drug-likeness (QED) is 0.740. The second-order valence-corrected chi connectivity index (χ2v) is 5.00. The average Bonchev–Trinajstić information content (AvgIpc) is 2.19. The molecule has 0 saturated carbocycles. The highest BCUT2D eigenvalue weighted by Gasteiger charge is 2.16. The van der Waals surface area contributed by atoms with E-state index in [-0.39, 0.29) is 11.9 Å². The third kappa shape index (κ3) is 4.33. The third-order valence-electron chi connectivity index (χ3n) is 2.50. The zero-order valence-corrected chi connectivity index (χ0v) is 9.61. The molecule has 3 nitrogen and oxygen atoms in total. The van der Waals surface area contributed by atoms with E-state index in [9.17, 15) is 4.79 Å². The molecule has 1 aliphatic heterocycles. The Bertz CT molecular complexity index is 181. The highest BCUT2D eigenvalue weighted by Crippen LogP contribution is 2.16. The van der Waals surface area contributed by atoms with Gasteiger partial charge in [0.1, 0.15) is 0 Å². The van der Waals surface area contributed by atoms with Gasteiger partial charge in [0, 0.05) is 24.3 Å². The topological polar surface area (TPSA) is 55.1 Å². The number of rotatable bonds is 4. The van der Waals surface area contributed by atoms with Crippen molar-refractivity contribution in [1.29, 1.82) is 0 Å². The van der Waals surface area contributed by atoms with Crippen LogP contribution in [-0.4, -0.2) is 29.5 Å². The van der Waals surface area contributed by atoms with Crippen molar-refractivity contribution in [3.63, 3.8) is 0 Å². The minimum atomic E-state index is 0.0197. The number of hydrogen-bond acceptors (Lipinski definition) is 3. The molecule has 1 rings (SSSR count). The molecule has 1 aliphatic rings. The van der Waals surface area contributed by atoms with Gasteiger partial charge in [0.2, 0.25) is 5.91 Å². The molecule has 14 heavy (non-hydrogen) atoms. The summed E-state index contributed by atoms with van der Waals surface area (Å²) in [5.74, 6) is 2.42. The molecule has 0 aromatic heterocycles. The van der Waals surface area contributed by atoms with E-state index in [0.29, 0.717) is 12.5 Å². The number of carbonyl (C=O) groups is 1. The first kappa shape index (κ1) is 11.9. The molecule has 0 bridgehead atoms. The minimum absolute atomic E-state index is 0.0197. The molecule has 0 aromatic rings. The zero-order chi connectivity index (χ0) is 10.4. The Morgan fingerprint density at radius 2 is 2.50 bits per heavy atom. The molecule has 0 aliphatic carbocycles. The summed E-state index contributed by atoms with van der Waals surface area (Å²) in [6.07, 6.45) is 3.68. The van der Waals surface area contributed by atoms with E-state index in [4.69, 9.17) is 5.73 Å². The van der Waals surface area contributed by atoms with Crippen LogP contribution in [0, 0.1) is 0 Å². The van der Waals surface area contributed by atoms with E-state index < -0.39 is 0 Å². The Balaban J connectivity index is 2.18. The number of amides is 1. The summed E-state index contributed by atoms with van der Waals surface area (Å²) < 4.78 is 0. The van der Waals surface area contributed by atoms with Crippen LogP contribution in [0.1, 0.15) is 32.6 Å². The molecular weight excluding hydrogens is 196 g/mol. The van der Waals surface area contributed by atoms with Gasteiger partial charge >= 0.3 is 0 Å². The summed E-state index contributed by atoms with van der Waals surface area (Å²) >= 11 is 1.92. The molecule has 0 radical (unpaired) electrons. The van der Waals surface area contributed by atoms with Crippen molar-refractivity contribution in [3.8, 4) is 0 Å². The molecule has 0 aromatic carbocycles. The largest absolute Gasteiger partial charge is 0.352 e. The molecule has 82 valence electrons. The lowest BCUT2D eigenvalue weighted by Crippen LogP contribution is -2.40. The average molecular weight is 216 g/mol.